The molecule has 28 heavy (non-hydrogen) atoms. The molecule has 0 saturated heterocycles. The minimum atomic E-state index is -0.539. The first-order valence-corrected chi connectivity index (χ1v) is 8.86. The molecule has 0 fully saturated rings. The van der Waals surface area contributed by atoms with Crippen molar-refractivity contribution < 1.29 is 19.1 Å². The molecule has 138 valence electrons. The fourth-order valence-electron chi connectivity index (χ4n) is 2.86. The number of aromatic nitrogens is 1. The number of halogens is 1. The molecule has 4 rings (SSSR count). The summed E-state index contributed by atoms with van der Waals surface area (Å²) in [4.78, 5) is 28.9. The second kappa shape index (κ2) is 7.29. The third kappa shape index (κ3) is 3.40. The van der Waals surface area contributed by atoms with Gasteiger partial charge in [0.1, 0.15) is 11.5 Å². The lowest BCUT2D eigenvalue weighted by molar-refractivity contribution is 0.0733. The van der Waals surface area contributed by atoms with E-state index in [1.54, 1.807) is 67.9 Å². The zero-order chi connectivity index (χ0) is 19.7. The molecular formula is C22H14ClNO4. The quantitative estimate of drug-likeness (QED) is 0.361. The van der Waals surface area contributed by atoms with Gasteiger partial charge in [0, 0.05) is 23.0 Å². The second-order valence-corrected chi connectivity index (χ2v) is 6.62. The number of nitrogens with zero attached hydrogens (tertiary/aromatic N) is 1. The molecular weight excluding hydrogens is 378 g/mol. The smallest absolute Gasteiger partial charge is 0.343 e. The highest BCUT2D eigenvalue weighted by molar-refractivity contribution is 6.30. The second-order valence-electron chi connectivity index (χ2n) is 6.19. The summed E-state index contributed by atoms with van der Waals surface area (Å²) in [6.45, 7) is 1.74. The third-order valence-electron chi connectivity index (χ3n) is 4.30. The molecule has 3 aromatic rings. The van der Waals surface area contributed by atoms with Crippen molar-refractivity contribution in [3.63, 3.8) is 0 Å². The highest BCUT2D eigenvalue weighted by Gasteiger charge is 2.30. The van der Waals surface area contributed by atoms with Gasteiger partial charge >= 0.3 is 5.97 Å². The number of fused-ring (bicyclic) bond motifs is 1. The number of ketones is 1. The Balaban J connectivity index is 1.62. The molecule has 2 heterocycles. The molecule has 5 nitrogen and oxygen atoms in total. The number of hydrogen-bond acceptors (Lipinski definition) is 5. The number of carbonyl (C=O) groups excluding carboxylic acids is 2. The van der Waals surface area contributed by atoms with Crippen molar-refractivity contribution in [2.24, 2.45) is 0 Å². The van der Waals surface area contributed by atoms with Crippen LogP contribution < -0.4 is 9.47 Å². The lowest BCUT2D eigenvalue weighted by atomic mass is 10.1. The van der Waals surface area contributed by atoms with Gasteiger partial charge in [0.05, 0.1) is 11.1 Å². The van der Waals surface area contributed by atoms with Crippen LogP contribution in [0.25, 0.3) is 6.08 Å². The molecule has 0 amide bonds. The number of carbonyl (C=O) groups is 2. The Kier molecular flexibility index (Phi) is 4.67. The lowest BCUT2D eigenvalue weighted by Gasteiger charge is -2.10. The molecule has 0 radical (unpaired) electrons. The van der Waals surface area contributed by atoms with E-state index in [1.165, 1.54) is 6.07 Å². The van der Waals surface area contributed by atoms with Crippen molar-refractivity contribution in [2.75, 3.05) is 0 Å². The van der Waals surface area contributed by atoms with Gasteiger partial charge in [-0.25, -0.2) is 4.79 Å². The van der Waals surface area contributed by atoms with Gasteiger partial charge in [-0.15, -0.1) is 0 Å². The van der Waals surface area contributed by atoms with Gasteiger partial charge in [0.15, 0.2) is 5.76 Å². The van der Waals surface area contributed by atoms with Crippen LogP contribution in [0, 0.1) is 6.92 Å². The number of Topliss-reactive ketones (excluding diaryl/α,β-unsaturated/α-hetero) is 1. The Hall–Kier alpha value is -3.44. The van der Waals surface area contributed by atoms with Crippen molar-refractivity contribution in [2.45, 2.75) is 6.92 Å². The number of esters is 1. The highest BCUT2D eigenvalue weighted by atomic mass is 35.5. The van der Waals surface area contributed by atoms with E-state index in [-0.39, 0.29) is 11.5 Å². The van der Waals surface area contributed by atoms with Gasteiger partial charge in [0.2, 0.25) is 5.78 Å². The fraction of sp³-hybridized carbons (Fsp3) is 0.0455. The predicted molar refractivity (Wildman–Crippen MR) is 105 cm³/mol. The summed E-state index contributed by atoms with van der Waals surface area (Å²) >= 11 is 5.92. The number of benzene rings is 2. The molecule has 1 aliphatic rings. The maximum atomic E-state index is 12.6. The molecule has 0 spiro atoms. The van der Waals surface area contributed by atoms with Crippen LogP contribution in [0.15, 0.2) is 66.7 Å². The number of rotatable bonds is 3. The first-order chi connectivity index (χ1) is 13.5. The van der Waals surface area contributed by atoms with Gasteiger partial charge in [-0.3, -0.25) is 9.78 Å². The van der Waals surface area contributed by atoms with Crippen LogP contribution >= 0.6 is 11.6 Å². The molecule has 6 heteroatoms. The van der Waals surface area contributed by atoms with Crippen molar-refractivity contribution >= 4 is 29.4 Å². The largest absolute Gasteiger partial charge is 0.452 e. The summed E-state index contributed by atoms with van der Waals surface area (Å²) in [5.41, 5.74) is 2.14. The van der Waals surface area contributed by atoms with E-state index < -0.39 is 5.97 Å². The number of hydrogen-bond donors (Lipinski definition) is 0. The monoisotopic (exact) mass is 391 g/mol. The molecule has 0 unspecified atom stereocenters. The Morgan fingerprint density at radius 3 is 2.68 bits per heavy atom. The lowest BCUT2D eigenvalue weighted by Crippen LogP contribution is -2.09. The molecule has 1 aromatic heterocycles. The predicted octanol–water partition coefficient (Wildman–Crippen LogP) is 4.88. The topological polar surface area (TPSA) is 65.5 Å². The summed E-state index contributed by atoms with van der Waals surface area (Å²) in [6.07, 6.45) is 4.93. The maximum Gasteiger partial charge on any atom is 0.343 e. The summed E-state index contributed by atoms with van der Waals surface area (Å²) in [6, 6.07) is 13.2. The molecule has 0 saturated carbocycles. The summed E-state index contributed by atoms with van der Waals surface area (Å²) in [7, 11) is 0. The van der Waals surface area contributed by atoms with Gasteiger partial charge in [-0.2, -0.15) is 0 Å². The zero-order valence-corrected chi connectivity index (χ0v) is 15.6. The van der Waals surface area contributed by atoms with E-state index in [0.717, 1.165) is 5.56 Å². The van der Waals surface area contributed by atoms with E-state index in [4.69, 9.17) is 21.1 Å². The minimum Gasteiger partial charge on any atom is -0.452 e. The van der Waals surface area contributed by atoms with Gasteiger partial charge in [-0.1, -0.05) is 17.7 Å². The van der Waals surface area contributed by atoms with Crippen molar-refractivity contribution in [1.82, 2.24) is 4.98 Å². The third-order valence-corrected chi connectivity index (χ3v) is 4.54. The van der Waals surface area contributed by atoms with Gasteiger partial charge in [-0.05, 0) is 61.0 Å². The Morgan fingerprint density at radius 1 is 1.14 bits per heavy atom. The van der Waals surface area contributed by atoms with Crippen molar-refractivity contribution in [1.29, 1.82) is 0 Å². The molecule has 1 aliphatic heterocycles. The van der Waals surface area contributed by atoms with Gasteiger partial charge in [0.25, 0.3) is 0 Å². The zero-order valence-electron chi connectivity index (χ0n) is 14.8. The average Bonchev–Trinajstić information content (AvgIpc) is 3.01. The molecule has 0 atom stereocenters. The average molecular weight is 392 g/mol. The maximum absolute atomic E-state index is 12.6. The summed E-state index contributed by atoms with van der Waals surface area (Å²) in [5, 5.41) is 0.444. The Bertz CT molecular complexity index is 1120. The summed E-state index contributed by atoms with van der Waals surface area (Å²) in [5.74, 6) is 0.163. The molecule has 2 aromatic carbocycles. The molecule has 0 aliphatic carbocycles. The van der Waals surface area contributed by atoms with Crippen LogP contribution in [0.4, 0.5) is 0 Å². The van der Waals surface area contributed by atoms with Crippen LogP contribution in [-0.4, -0.2) is 16.7 Å². The number of pyridine rings is 1. The highest BCUT2D eigenvalue weighted by Crippen LogP contribution is 2.39. The number of allylic oxidation sites excluding steroid dienone is 1. The molecule has 0 bridgehead atoms. The Labute approximate surface area is 166 Å². The number of ether oxygens (including phenoxy) is 2. The van der Waals surface area contributed by atoms with E-state index >= 15 is 0 Å². The minimum absolute atomic E-state index is 0.211. The van der Waals surface area contributed by atoms with Crippen LogP contribution in [-0.2, 0) is 0 Å². The van der Waals surface area contributed by atoms with E-state index in [1.807, 2.05) is 0 Å². The first kappa shape index (κ1) is 17.9. The van der Waals surface area contributed by atoms with E-state index in [9.17, 15) is 9.59 Å². The normalized spacial score (nSPS) is 13.9. The first-order valence-electron chi connectivity index (χ1n) is 8.48. The van der Waals surface area contributed by atoms with Crippen molar-refractivity contribution in [3.8, 4) is 11.5 Å². The van der Waals surface area contributed by atoms with E-state index in [2.05, 4.69) is 4.98 Å². The van der Waals surface area contributed by atoms with Crippen LogP contribution in [0.3, 0.4) is 0 Å². The van der Waals surface area contributed by atoms with Crippen LogP contribution in [0.2, 0.25) is 5.02 Å². The Morgan fingerprint density at radius 2 is 1.93 bits per heavy atom. The van der Waals surface area contributed by atoms with Crippen LogP contribution in [0.5, 0.6) is 11.5 Å². The van der Waals surface area contributed by atoms with E-state index in [0.29, 0.717) is 33.2 Å². The fourth-order valence-corrected chi connectivity index (χ4v) is 3.05. The van der Waals surface area contributed by atoms with Gasteiger partial charge < -0.3 is 9.47 Å². The van der Waals surface area contributed by atoms with Crippen LogP contribution in [0.1, 0.15) is 31.8 Å². The standard InChI is InChI=1S/C22H14ClNO4/c1-13-18(28-22(26)15-3-2-4-16(23)12-15)6-5-17-20(25)19(27-21(13)17)11-14-7-9-24-10-8-14/h2-12H,1H3/b19-11-. The van der Waals surface area contributed by atoms with Crippen molar-refractivity contribution in [3.05, 3.63) is 94.0 Å². The molecule has 0 N–H and O–H groups in total. The SMILES string of the molecule is Cc1c(OC(=O)c2cccc(Cl)c2)ccc2c1O/C(=C\c1ccncc1)C2=O. The summed E-state index contributed by atoms with van der Waals surface area (Å²) < 4.78 is 11.3.